The molecule has 0 aromatic heterocycles. The summed E-state index contributed by atoms with van der Waals surface area (Å²) in [5.41, 5.74) is 8.04. The fraction of sp³-hybridized carbons (Fsp3) is 0.538. The lowest BCUT2D eigenvalue weighted by molar-refractivity contribution is 0.161. The Morgan fingerprint density at radius 2 is 2.19 bits per heavy atom. The van der Waals surface area contributed by atoms with E-state index in [1.54, 1.807) is 0 Å². The second-order valence-electron chi connectivity index (χ2n) is 4.45. The molecule has 1 saturated heterocycles. The molecule has 3 N–H and O–H groups in total. The zero-order chi connectivity index (χ0) is 11.4. The van der Waals surface area contributed by atoms with Crippen molar-refractivity contribution in [3.8, 4) is 0 Å². The first-order valence-corrected chi connectivity index (χ1v) is 6.01. The Hall–Kier alpha value is -1.06. The summed E-state index contributed by atoms with van der Waals surface area (Å²) < 4.78 is 0. The quantitative estimate of drug-likeness (QED) is 0.794. The Morgan fingerprint density at radius 1 is 1.31 bits per heavy atom. The minimum absolute atomic E-state index is 0.123. The van der Waals surface area contributed by atoms with E-state index in [9.17, 15) is 5.11 Å². The van der Waals surface area contributed by atoms with E-state index < -0.39 is 0 Å². The van der Waals surface area contributed by atoms with Crippen molar-refractivity contribution in [2.45, 2.75) is 31.9 Å². The van der Waals surface area contributed by atoms with Crippen molar-refractivity contribution in [2.24, 2.45) is 5.73 Å². The minimum Gasteiger partial charge on any atom is -0.393 e. The molecule has 0 radical (unpaired) electrons. The molecule has 0 saturated carbocycles. The summed E-state index contributed by atoms with van der Waals surface area (Å²) in [7, 11) is 0. The Morgan fingerprint density at radius 3 is 3.00 bits per heavy atom. The van der Waals surface area contributed by atoms with Crippen LogP contribution in [0.15, 0.2) is 24.3 Å². The standard InChI is InChI=1S/C13H20N2O/c14-10-11-3-1-4-12(9-11)15-7-2-5-13(16)6-8-15/h1,3-4,9,13,16H,2,5-8,10,14H2. The van der Waals surface area contributed by atoms with Crippen molar-refractivity contribution >= 4 is 5.69 Å². The van der Waals surface area contributed by atoms with E-state index in [0.717, 1.165) is 32.4 Å². The van der Waals surface area contributed by atoms with Gasteiger partial charge in [-0.25, -0.2) is 0 Å². The van der Waals surface area contributed by atoms with Crippen molar-refractivity contribution in [3.63, 3.8) is 0 Å². The predicted octanol–water partition coefficient (Wildman–Crippen LogP) is 1.50. The summed E-state index contributed by atoms with van der Waals surface area (Å²) in [4.78, 5) is 2.34. The third-order valence-electron chi connectivity index (χ3n) is 3.21. The highest BCUT2D eigenvalue weighted by Gasteiger charge is 2.15. The lowest BCUT2D eigenvalue weighted by Crippen LogP contribution is -2.24. The molecule has 0 spiro atoms. The van der Waals surface area contributed by atoms with Crippen LogP contribution in [-0.4, -0.2) is 24.3 Å². The van der Waals surface area contributed by atoms with Crippen LogP contribution in [-0.2, 0) is 6.54 Å². The average molecular weight is 220 g/mol. The monoisotopic (exact) mass is 220 g/mol. The molecular formula is C13H20N2O. The number of rotatable bonds is 2. The van der Waals surface area contributed by atoms with Crippen LogP contribution in [0.3, 0.4) is 0 Å². The van der Waals surface area contributed by atoms with Crippen LogP contribution < -0.4 is 10.6 Å². The van der Waals surface area contributed by atoms with Gasteiger partial charge >= 0.3 is 0 Å². The van der Waals surface area contributed by atoms with Gasteiger partial charge < -0.3 is 15.7 Å². The van der Waals surface area contributed by atoms with E-state index in [1.807, 2.05) is 0 Å². The van der Waals surface area contributed by atoms with Crippen molar-refractivity contribution in [3.05, 3.63) is 29.8 Å². The molecule has 1 aromatic rings. The lowest BCUT2D eigenvalue weighted by Gasteiger charge is -2.23. The topological polar surface area (TPSA) is 49.5 Å². The van der Waals surface area contributed by atoms with E-state index in [4.69, 9.17) is 5.73 Å². The molecule has 3 nitrogen and oxygen atoms in total. The van der Waals surface area contributed by atoms with Crippen LogP contribution in [0.5, 0.6) is 0 Å². The maximum absolute atomic E-state index is 9.61. The first-order valence-electron chi connectivity index (χ1n) is 6.01. The summed E-state index contributed by atoms with van der Waals surface area (Å²) in [5, 5.41) is 9.61. The lowest BCUT2D eigenvalue weighted by atomic mass is 10.2. The van der Waals surface area contributed by atoms with Crippen LogP contribution in [0.25, 0.3) is 0 Å². The Bertz CT molecular complexity index is 340. The molecule has 1 fully saturated rings. The highest BCUT2D eigenvalue weighted by atomic mass is 16.3. The average Bonchev–Trinajstić information content (AvgIpc) is 2.54. The molecular weight excluding hydrogens is 200 g/mol. The zero-order valence-electron chi connectivity index (χ0n) is 9.60. The largest absolute Gasteiger partial charge is 0.393 e. The van der Waals surface area contributed by atoms with Crippen molar-refractivity contribution in [1.29, 1.82) is 0 Å². The third-order valence-corrected chi connectivity index (χ3v) is 3.21. The fourth-order valence-corrected chi connectivity index (χ4v) is 2.22. The molecule has 1 aliphatic rings. The van der Waals surface area contributed by atoms with Crippen molar-refractivity contribution < 1.29 is 5.11 Å². The Kier molecular flexibility index (Phi) is 3.80. The molecule has 1 aliphatic heterocycles. The van der Waals surface area contributed by atoms with E-state index in [-0.39, 0.29) is 6.10 Å². The number of aliphatic hydroxyl groups excluding tert-OH is 1. The predicted molar refractivity (Wildman–Crippen MR) is 66.4 cm³/mol. The maximum Gasteiger partial charge on any atom is 0.0557 e. The van der Waals surface area contributed by atoms with Crippen LogP contribution in [0, 0.1) is 0 Å². The Balaban J connectivity index is 2.10. The number of nitrogens with zero attached hydrogens (tertiary/aromatic N) is 1. The number of hydrogen-bond donors (Lipinski definition) is 2. The van der Waals surface area contributed by atoms with Gasteiger partial charge in [0.25, 0.3) is 0 Å². The Labute approximate surface area is 96.9 Å². The highest BCUT2D eigenvalue weighted by molar-refractivity contribution is 5.48. The number of hydrogen-bond acceptors (Lipinski definition) is 3. The molecule has 1 unspecified atom stereocenters. The van der Waals surface area contributed by atoms with Gasteiger partial charge in [-0.3, -0.25) is 0 Å². The second-order valence-corrected chi connectivity index (χ2v) is 4.45. The molecule has 88 valence electrons. The van der Waals surface area contributed by atoms with Crippen LogP contribution in [0.1, 0.15) is 24.8 Å². The third kappa shape index (κ3) is 2.74. The second kappa shape index (κ2) is 5.32. The fourth-order valence-electron chi connectivity index (χ4n) is 2.22. The summed E-state index contributed by atoms with van der Waals surface area (Å²) in [6.45, 7) is 2.56. The van der Waals surface area contributed by atoms with Gasteiger partial charge in [0.2, 0.25) is 0 Å². The van der Waals surface area contributed by atoms with Gasteiger partial charge in [-0.1, -0.05) is 12.1 Å². The van der Waals surface area contributed by atoms with E-state index in [0.29, 0.717) is 6.54 Å². The normalized spacial score (nSPS) is 21.9. The summed E-state index contributed by atoms with van der Waals surface area (Å²) in [6, 6.07) is 8.38. The molecule has 16 heavy (non-hydrogen) atoms. The molecule has 0 amide bonds. The highest BCUT2D eigenvalue weighted by Crippen LogP contribution is 2.20. The number of anilines is 1. The summed E-state index contributed by atoms with van der Waals surface area (Å²) in [5.74, 6) is 0. The SMILES string of the molecule is NCc1cccc(N2CCCC(O)CC2)c1. The van der Waals surface area contributed by atoms with E-state index in [1.165, 1.54) is 11.3 Å². The minimum atomic E-state index is -0.123. The molecule has 1 aromatic carbocycles. The van der Waals surface area contributed by atoms with Crippen LogP contribution >= 0.6 is 0 Å². The van der Waals surface area contributed by atoms with Crippen molar-refractivity contribution in [1.82, 2.24) is 0 Å². The van der Waals surface area contributed by atoms with Crippen molar-refractivity contribution in [2.75, 3.05) is 18.0 Å². The summed E-state index contributed by atoms with van der Waals surface area (Å²) >= 11 is 0. The molecule has 0 bridgehead atoms. The van der Waals surface area contributed by atoms with Crippen LogP contribution in [0.4, 0.5) is 5.69 Å². The molecule has 2 rings (SSSR count). The maximum atomic E-state index is 9.61. The number of aliphatic hydroxyl groups is 1. The first-order chi connectivity index (χ1) is 7.79. The number of nitrogens with two attached hydrogens (primary N) is 1. The van der Waals surface area contributed by atoms with E-state index >= 15 is 0 Å². The van der Waals surface area contributed by atoms with Gasteiger partial charge in [0, 0.05) is 25.3 Å². The molecule has 0 aliphatic carbocycles. The van der Waals surface area contributed by atoms with E-state index in [2.05, 4.69) is 29.2 Å². The first kappa shape index (κ1) is 11.4. The molecule has 1 atom stereocenters. The van der Waals surface area contributed by atoms with Gasteiger partial charge in [-0.15, -0.1) is 0 Å². The van der Waals surface area contributed by atoms with Crippen LogP contribution in [0.2, 0.25) is 0 Å². The van der Waals surface area contributed by atoms with Gasteiger partial charge in [0.05, 0.1) is 6.10 Å². The van der Waals surface area contributed by atoms with Gasteiger partial charge in [0.15, 0.2) is 0 Å². The smallest absolute Gasteiger partial charge is 0.0557 e. The van der Waals surface area contributed by atoms with Gasteiger partial charge in [-0.2, -0.15) is 0 Å². The van der Waals surface area contributed by atoms with Gasteiger partial charge in [-0.05, 0) is 37.0 Å². The zero-order valence-corrected chi connectivity index (χ0v) is 9.60. The molecule has 3 heteroatoms. The molecule has 1 heterocycles. The number of benzene rings is 1. The van der Waals surface area contributed by atoms with Gasteiger partial charge in [0.1, 0.15) is 0 Å². The summed E-state index contributed by atoms with van der Waals surface area (Å²) in [6.07, 6.45) is 2.73.